The smallest absolute Gasteiger partial charge is 0.235 e. The van der Waals surface area contributed by atoms with E-state index < -0.39 is 11.5 Å². The van der Waals surface area contributed by atoms with Crippen molar-refractivity contribution in [2.24, 2.45) is 11.3 Å². The van der Waals surface area contributed by atoms with Crippen molar-refractivity contribution < 1.29 is 19.1 Å². The predicted molar refractivity (Wildman–Crippen MR) is 80.4 cm³/mol. The van der Waals surface area contributed by atoms with Crippen LogP contribution in [0, 0.1) is 24.1 Å². The standard InChI is InChI=1S/C17H22FNO3/c1-10(2)17(4)8-15(21)19(16(17)22)9-14(20)13-6-5-12(18)7-11(13)3/h5-7,10,14,20H,8-9H2,1-4H3. The molecule has 1 N–H and O–H groups in total. The molecule has 2 amide bonds. The molecular weight excluding hydrogens is 285 g/mol. The minimum absolute atomic E-state index is 0.0404. The molecule has 4 nitrogen and oxygen atoms in total. The summed E-state index contributed by atoms with van der Waals surface area (Å²) in [7, 11) is 0. The molecule has 22 heavy (non-hydrogen) atoms. The maximum Gasteiger partial charge on any atom is 0.235 e. The molecule has 2 rings (SSSR count). The summed E-state index contributed by atoms with van der Waals surface area (Å²) in [5.74, 6) is -0.848. The number of β-amino-alcohol motifs (C(OH)–C–C–N with tert-alkyl or cyclic N) is 1. The zero-order chi connectivity index (χ0) is 16.7. The molecule has 1 aliphatic rings. The first-order valence-corrected chi connectivity index (χ1v) is 7.45. The zero-order valence-electron chi connectivity index (χ0n) is 13.4. The molecule has 0 aliphatic carbocycles. The monoisotopic (exact) mass is 307 g/mol. The molecule has 0 bridgehead atoms. The van der Waals surface area contributed by atoms with Gasteiger partial charge < -0.3 is 5.11 Å². The van der Waals surface area contributed by atoms with Crippen LogP contribution in [-0.2, 0) is 9.59 Å². The molecule has 5 heteroatoms. The quantitative estimate of drug-likeness (QED) is 0.870. The largest absolute Gasteiger partial charge is 0.387 e. The van der Waals surface area contributed by atoms with Crippen molar-refractivity contribution >= 4 is 11.8 Å². The fraction of sp³-hybridized carbons (Fsp3) is 0.529. The van der Waals surface area contributed by atoms with Crippen LogP contribution in [-0.4, -0.2) is 28.4 Å². The third kappa shape index (κ3) is 2.77. The van der Waals surface area contributed by atoms with Gasteiger partial charge in [0, 0.05) is 6.42 Å². The fourth-order valence-corrected chi connectivity index (χ4v) is 2.83. The lowest BCUT2D eigenvalue weighted by atomic mass is 9.78. The molecule has 1 saturated heterocycles. The maximum atomic E-state index is 13.1. The number of nitrogens with zero attached hydrogens (tertiary/aromatic N) is 1. The van der Waals surface area contributed by atoms with Crippen molar-refractivity contribution in [2.75, 3.05) is 6.54 Å². The number of aryl methyl sites for hydroxylation is 1. The van der Waals surface area contributed by atoms with Crippen LogP contribution in [0.2, 0.25) is 0 Å². The van der Waals surface area contributed by atoms with Crippen LogP contribution < -0.4 is 0 Å². The van der Waals surface area contributed by atoms with Gasteiger partial charge in [-0.1, -0.05) is 19.9 Å². The Kier molecular flexibility index (Phi) is 4.38. The Bertz CT molecular complexity index is 614. The predicted octanol–water partition coefficient (Wildman–Crippen LogP) is 2.59. The second kappa shape index (κ2) is 5.80. The van der Waals surface area contributed by atoms with E-state index in [0.29, 0.717) is 11.1 Å². The summed E-state index contributed by atoms with van der Waals surface area (Å²) in [5, 5.41) is 10.3. The molecule has 1 aliphatic heterocycles. The number of carbonyl (C=O) groups excluding carboxylic acids is 2. The number of hydrogen-bond acceptors (Lipinski definition) is 3. The number of benzene rings is 1. The van der Waals surface area contributed by atoms with Crippen LogP contribution in [0.5, 0.6) is 0 Å². The molecule has 0 aromatic heterocycles. The summed E-state index contributed by atoms with van der Waals surface area (Å²) in [6, 6.07) is 4.07. The van der Waals surface area contributed by atoms with Gasteiger partial charge in [0.15, 0.2) is 0 Å². The van der Waals surface area contributed by atoms with Crippen molar-refractivity contribution in [3.8, 4) is 0 Å². The lowest BCUT2D eigenvalue weighted by molar-refractivity contribution is -0.143. The molecule has 0 radical (unpaired) electrons. The second-order valence-corrected chi connectivity index (χ2v) is 6.58. The number of aliphatic hydroxyl groups is 1. The minimum atomic E-state index is -1.01. The van der Waals surface area contributed by atoms with Crippen LogP contribution in [0.4, 0.5) is 4.39 Å². The van der Waals surface area contributed by atoms with E-state index in [-0.39, 0.29) is 36.5 Å². The number of carbonyl (C=O) groups is 2. The fourth-order valence-electron chi connectivity index (χ4n) is 2.83. The van der Waals surface area contributed by atoms with E-state index >= 15 is 0 Å². The molecule has 0 spiro atoms. The van der Waals surface area contributed by atoms with Crippen molar-refractivity contribution in [1.82, 2.24) is 4.90 Å². The third-order valence-corrected chi connectivity index (χ3v) is 4.77. The maximum absolute atomic E-state index is 13.1. The van der Waals surface area contributed by atoms with Crippen molar-refractivity contribution in [1.29, 1.82) is 0 Å². The van der Waals surface area contributed by atoms with Crippen LogP contribution in [0.3, 0.4) is 0 Å². The Balaban J connectivity index is 2.20. The highest BCUT2D eigenvalue weighted by Crippen LogP contribution is 2.39. The van der Waals surface area contributed by atoms with Gasteiger partial charge in [-0.05, 0) is 43.0 Å². The first kappa shape index (κ1) is 16.6. The summed E-state index contributed by atoms with van der Waals surface area (Å²) in [4.78, 5) is 25.8. The minimum Gasteiger partial charge on any atom is -0.387 e. The molecule has 120 valence electrons. The Labute approximate surface area is 129 Å². The van der Waals surface area contributed by atoms with Gasteiger partial charge in [-0.2, -0.15) is 0 Å². The number of rotatable bonds is 4. The Morgan fingerprint density at radius 3 is 2.50 bits per heavy atom. The SMILES string of the molecule is Cc1cc(F)ccc1C(O)CN1C(=O)CC(C)(C(C)C)C1=O. The molecule has 0 saturated carbocycles. The van der Waals surface area contributed by atoms with E-state index in [9.17, 15) is 19.1 Å². The van der Waals surface area contributed by atoms with Gasteiger partial charge in [0.05, 0.1) is 18.1 Å². The van der Waals surface area contributed by atoms with Crippen molar-refractivity contribution in [3.05, 3.63) is 35.1 Å². The van der Waals surface area contributed by atoms with Crippen LogP contribution in [0.15, 0.2) is 18.2 Å². The molecule has 2 atom stereocenters. The summed E-state index contributed by atoms with van der Waals surface area (Å²) in [6.07, 6.45) is -0.846. The van der Waals surface area contributed by atoms with E-state index in [4.69, 9.17) is 0 Å². The number of imide groups is 1. The number of amides is 2. The third-order valence-electron chi connectivity index (χ3n) is 4.77. The number of hydrogen-bond donors (Lipinski definition) is 1. The summed E-state index contributed by atoms with van der Waals surface area (Å²) >= 11 is 0. The van der Waals surface area contributed by atoms with Gasteiger partial charge in [0.2, 0.25) is 11.8 Å². The van der Waals surface area contributed by atoms with E-state index in [1.54, 1.807) is 13.8 Å². The van der Waals surface area contributed by atoms with E-state index in [1.807, 2.05) is 13.8 Å². The van der Waals surface area contributed by atoms with E-state index in [1.165, 1.54) is 18.2 Å². The highest BCUT2D eigenvalue weighted by molar-refractivity contribution is 6.05. The lowest BCUT2D eigenvalue weighted by Crippen LogP contribution is -2.39. The number of likely N-dealkylation sites (tertiary alicyclic amines) is 1. The summed E-state index contributed by atoms with van der Waals surface area (Å²) < 4.78 is 13.1. The Morgan fingerprint density at radius 2 is 2.00 bits per heavy atom. The van der Waals surface area contributed by atoms with E-state index in [2.05, 4.69) is 0 Å². The van der Waals surface area contributed by atoms with Gasteiger partial charge in [0.1, 0.15) is 5.82 Å². The van der Waals surface area contributed by atoms with Crippen LogP contribution in [0.25, 0.3) is 0 Å². The highest BCUT2D eigenvalue weighted by atomic mass is 19.1. The summed E-state index contributed by atoms with van der Waals surface area (Å²) in [6.45, 7) is 7.21. The molecule has 1 aromatic rings. The lowest BCUT2D eigenvalue weighted by Gasteiger charge is -2.27. The zero-order valence-corrected chi connectivity index (χ0v) is 13.4. The second-order valence-electron chi connectivity index (χ2n) is 6.58. The van der Waals surface area contributed by atoms with E-state index in [0.717, 1.165) is 4.90 Å². The Hall–Kier alpha value is -1.75. The Morgan fingerprint density at radius 1 is 1.36 bits per heavy atom. The normalized spacial score (nSPS) is 23.5. The van der Waals surface area contributed by atoms with Gasteiger partial charge >= 0.3 is 0 Å². The van der Waals surface area contributed by atoms with Crippen LogP contribution in [0.1, 0.15) is 44.4 Å². The molecule has 1 heterocycles. The number of halogens is 1. The van der Waals surface area contributed by atoms with Gasteiger partial charge in [-0.25, -0.2) is 4.39 Å². The van der Waals surface area contributed by atoms with Crippen molar-refractivity contribution in [2.45, 2.75) is 40.2 Å². The average molecular weight is 307 g/mol. The first-order chi connectivity index (χ1) is 10.2. The molecule has 1 aromatic carbocycles. The molecule has 2 unspecified atom stereocenters. The number of aliphatic hydroxyl groups excluding tert-OH is 1. The average Bonchev–Trinajstić information content (AvgIpc) is 2.63. The molecular formula is C17H22FNO3. The van der Waals surface area contributed by atoms with Crippen molar-refractivity contribution in [3.63, 3.8) is 0 Å². The molecule has 1 fully saturated rings. The van der Waals surface area contributed by atoms with Gasteiger partial charge in [0.25, 0.3) is 0 Å². The first-order valence-electron chi connectivity index (χ1n) is 7.45. The topological polar surface area (TPSA) is 57.6 Å². The van der Waals surface area contributed by atoms with Crippen LogP contribution >= 0.6 is 0 Å². The van der Waals surface area contributed by atoms with Gasteiger partial charge in [-0.15, -0.1) is 0 Å². The van der Waals surface area contributed by atoms with Gasteiger partial charge in [-0.3, -0.25) is 14.5 Å². The highest BCUT2D eigenvalue weighted by Gasteiger charge is 2.50. The summed E-state index contributed by atoms with van der Waals surface area (Å²) in [5.41, 5.74) is 0.410.